The zero-order chi connectivity index (χ0) is 23.7. The molecular weight excluding hydrogens is 408 g/mol. The molecule has 2 saturated heterocycles. The third kappa shape index (κ3) is 8.20. The number of carboxylic acid groups (broad SMARTS) is 2. The molecule has 0 amide bonds. The molecule has 8 heteroatoms. The van der Waals surface area contributed by atoms with Crippen LogP contribution in [-0.4, -0.2) is 60.4 Å². The van der Waals surface area contributed by atoms with Crippen molar-refractivity contribution in [3.8, 4) is 0 Å². The van der Waals surface area contributed by atoms with Crippen LogP contribution < -0.4 is 21.3 Å². The molecule has 4 rings (SSSR count). The van der Waals surface area contributed by atoms with E-state index in [0.29, 0.717) is 12.1 Å². The van der Waals surface area contributed by atoms with Crippen LogP contribution in [0.3, 0.4) is 0 Å². The van der Waals surface area contributed by atoms with Gasteiger partial charge in [0.2, 0.25) is 0 Å². The van der Waals surface area contributed by atoms with Gasteiger partial charge in [0, 0.05) is 49.6 Å². The first-order valence-electron chi connectivity index (χ1n) is 10.8. The Morgan fingerprint density at radius 2 is 1.16 bits per heavy atom. The van der Waals surface area contributed by atoms with Gasteiger partial charge in [0.15, 0.2) is 0 Å². The van der Waals surface area contributed by atoms with Crippen molar-refractivity contribution >= 4 is 23.3 Å². The van der Waals surface area contributed by atoms with Gasteiger partial charge in [-0.05, 0) is 62.1 Å². The lowest BCUT2D eigenvalue weighted by Crippen LogP contribution is -2.26. The van der Waals surface area contributed by atoms with E-state index in [-0.39, 0.29) is 0 Å². The molecule has 2 heterocycles. The van der Waals surface area contributed by atoms with E-state index in [9.17, 15) is 0 Å². The molecule has 0 aliphatic carbocycles. The SMILES string of the molecule is Cc1cccc(N2CCC(N)C2)c1.Cc1cccc(N2CCC(N)C2)c1.O=C(O)C(=O)O. The highest BCUT2D eigenvalue weighted by Gasteiger charge is 2.19. The van der Waals surface area contributed by atoms with E-state index in [0.717, 1.165) is 39.0 Å². The Balaban J connectivity index is 0.000000183. The van der Waals surface area contributed by atoms with Crippen molar-refractivity contribution in [1.29, 1.82) is 0 Å². The lowest BCUT2D eigenvalue weighted by molar-refractivity contribution is -0.159. The Morgan fingerprint density at radius 3 is 1.41 bits per heavy atom. The largest absolute Gasteiger partial charge is 0.473 e. The number of hydrogen-bond donors (Lipinski definition) is 4. The molecule has 6 N–H and O–H groups in total. The lowest BCUT2D eigenvalue weighted by Gasteiger charge is -2.18. The van der Waals surface area contributed by atoms with Crippen LogP contribution in [0.4, 0.5) is 11.4 Å². The Morgan fingerprint density at radius 1 is 0.781 bits per heavy atom. The maximum absolute atomic E-state index is 9.10. The lowest BCUT2D eigenvalue weighted by atomic mass is 10.2. The summed E-state index contributed by atoms with van der Waals surface area (Å²) < 4.78 is 0. The number of nitrogens with zero attached hydrogens (tertiary/aromatic N) is 2. The molecular formula is C24H34N4O4. The van der Waals surface area contributed by atoms with Crippen molar-refractivity contribution in [2.45, 2.75) is 38.8 Å². The van der Waals surface area contributed by atoms with E-state index in [1.807, 2.05) is 0 Å². The van der Waals surface area contributed by atoms with Crippen molar-refractivity contribution in [3.05, 3.63) is 59.7 Å². The highest BCUT2D eigenvalue weighted by molar-refractivity contribution is 6.27. The number of aryl methyl sites for hydroxylation is 2. The fourth-order valence-electron chi connectivity index (χ4n) is 3.69. The minimum absolute atomic E-state index is 0.362. The van der Waals surface area contributed by atoms with Crippen LogP contribution in [-0.2, 0) is 9.59 Å². The second kappa shape index (κ2) is 12.1. The molecule has 32 heavy (non-hydrogen) atoms. The molecule has 2 aromatic carbocycles. The third-order valence-electron chi connectivity index (χ3n) is 5.37. The predicted octanol–water partition coefficient (Wildman–Crippen LogP) is 2.22. The number of anilines is 2. The number of hydrogen-bond acceptors (Lipinski definition) is 6. The fourth-order valence-corrected chi connectivity index (χ4v) is 3.69. The van der Waals surface area contributed by atoms with Crippen molar-refractivity contribution in [3.63, 3.8) is 0 Å². The maximum Gasteiger partial charge on any atom is 0.414 e. The van der Waals surface area contributed by atoms with Gasteiger partial charge in [-0.15, -0.1) is 0 Å². The Bertz CT molecular complexity index is 832. The smallest absolute Gasteiger partial charge is 0.414 e. The zero-order valence-corrected chi connectivity index (χ0v) is 18.8. The highest BCUT2D eigenvalue weighted by Crippen LogP contribution is 2.21. The number of nitrogens with two attached hydrogens (primary N) is 2. The maximum atomic E-state index is 9.10. The number of carbonyl (C=O) groups is 2. The van der Waals surface area contributed by atoms with Gasteiger partial charge in [-0.1, -0.05) is 24.3 Å². The molecule has 0 bridgehead atoms. The molecule has 2 atom stereocenters. The van der Waals surface area contributed by atoms with Crippen LogP contribution in [0.25, 0.3) is 0 Å². The number of benzene rings is 2. The van der Waals surface area contributed by atoms with Crippen LogP contribution in [0.1, 0.15) is 24.0 Å². The van der Waals surface area contributed by atoms with Gasteiger partial charge in [0.05, 0.1) is 0 Å². The normalized spacial score (nSPS) is 19.5. The van der Waals surface area contributed by atoms with E-state index in [1.54, 1.807) is 0 Å². The molecule has 0 aromatic heterocycles. The first-order chi connectivity index (χ1) is 15.2. The van der Waals surface area contributed by atoms with Gasteiger partial charge in [0.25, 0.3) is 0 Å². The average Bonchev–Trinajstić information content (AvgIpc) is 3.37. The van der Waals surface area contributed by atoms with Crippen molar-refractivity contribution in [2.24, 2.45) is 11.5 Å². The monoisotopic (exact) mass is 442 g/mol. The Hall–Kier alpha value is -3.10. The van der Waals surface area contributed by atoms with Gasteiger partial charge < -0.3 is 31.5 Å². The van der Waals surface area contributed by atoms with Crippen LogP contribution >= 0.6 is 0 Å². The standard InChI is InChI=1S/2C11H16N2.C2H2O4/c2*1-9-3-2-4-11(7-9)13-6-5-10(12)8-13;3-1(4)2(5)6/h2*2-4,7,10H,5-6,8,12H2,1H3;(H,3,4)(H,5,6). The van der Waals surface area contributed by atoms with Crippen molar-refractivity contribution in [2.75, 3.05) is 36.0 Å². The first-order valence-corrected chi connectivity index (χ1v) is 10.8. The van der Waals surface area contributed by atoms with Crippen molar-refractivity contribution in [1.82, 2.24) is 0 Å². The molecule has 2 aromatic rings. The van der Waals surface area contributed by atoms with Gasteiger partial charge in [0.1, 0.15) is 0 Å². The predicted molar refractivity (Wildman–Crippen MR) is 127 cm³/mol. The minimum atomic E-state index is -1.82. The van der Waals surface area contributed by atoms with Crippen LogP contribution in [0.2, 0.25) is 0 Å². The van der Waals surface area contributed by atoms with Gasteiger partial charge >= 0.3 is 11.9 Å². The van der Waals surface area contributed by atoms with E-state index in [2.05, 4.69) is 72.2 Å². The third-order valence-corrected chi connectivity index (χ3v) is 5.37. The molecule has 2 aliphatic rings. The van der Waals surface area contributed by atoms with Crippen LogP contribution in [0.5, 0.6) is 0 Å². The average molecular weight is 443 g/mol. The van der Waals surface area contributed by atoms with Crippen LogP contribution in [0, 0.1) is 13.8 Å². The highest BCUT2D eigenvalue weighted by atomic mass is 16.4. The molecule has 0 saturated carbocycles. The molecule has 0 spiro atoms. The van der Waals surface area contributed by atoms with Gasteiger partial charge in [-0.2, -0.15) is 0 Å². The molecule has 2 fully saturated rings. The van der Waals surface area contributed by atoms with Gasteiger partial charge in [-0.3, -0.25) is 0 Å². The zero-order valence-electron chi connectivity index (χ0n) is 18.8. The second-order valence-electron chi connectivity index (χ2n) is 8.28. The summed E-state index contributed by atoms with van der Waals surface area (Å²) in [6, 6.07) is 17.9. The molecule has 174 valence electrons. The summed E-state index contributed by atoms with van der Waals surface area (Å²) in [6.45, 7) is 8.46. The summed E-state index contributed by atoms with van der Waals surface area (Å²) in [4.78, 5) is 22.9. The van der Waals surface area contributed by atoms with E-state index in [4.69, 9.17) is 31.3 Å². The molecule has 8 nitrogen and oxygen atoms in total. The quantitative estimate of drug-likeness (QED) is 0.520. The first kappa shape index (κ1) is 25.2. The number of rotatable bonds is 2. The Kier molecular flexibility index (Phi) is 9.49. The fraction of sp³-hybridized carbons (Fsp3) is 0.417. The summed E-state index contributed by atoms with van der Waals surface area (Å²) in [5.41, 5.74) is 17.0. The van der Waals surface area contributed by atoms with Gasteiger partial charge in [-0.25, -0.2) is 9.59 Å². The number of aliphatic carboxylic acids is 2. The summed E-state index contributed by atoms with van der Waals surface area (Å²) in [5, 5.41) is 14.8. The summed E-state index contributed by atoms with van der Waals surface area (Å²) in [5.74, 6) is -3.65. The van der Waals surface area contributed by atoms with E-state index >= 15 is 0 Å². The van der Waals surface area contributed by atoms with E-state index in [1.165, 1.54) is 22.5 Å². The number of carboxylic acids is 2. The van der Waals surface area contributed by atoms with Crippen molar-refractivity contribution < 1.29 is 19.8 Å². The Labute approximate surface area is 189 Å². The van der Waals surface area contributed by atoms with Crippen LogP contribution in [0.15, 0.2) is 48.5 Å². The second-order valence-corrected chi connectivity index (χ2v) is 8.28. The minimum Gasteiger partial charge on any atom is -0.473 e. The molecule has 0 radical (unpaired) electrons. The summed E-state index contributed by atoms with van der Waals surface area (Å²) >= 11 is 0. The van der Waals surface area contributed by atoms with E-state index < -0.39 is 11.9 Å². The summed E-state index contributed by atoms with van der Waals surface area (Å²) in [7, 11) is 0. The topological polar surface area (TPSA) is 133 Å². The molecule has 2 aliphatic heterocycles. The molecule has 2 unspecified atom stereocenters. The summed E-state index contributed by atoms with van der Waals surface area (Å²) in [6.07, 6.45) is 2.24.